The van der Waals surface area contributed by atoms with Gasteiger partial charge in [-0.05, 0) is 36.1 Å². The minimum Gasteiger partial charge on any atom is -0.385 e. The van der Waals surface area contributed by atoms with Gasteiger partial charge in [-0.2, -0.15) is 13.2 Å². The van der Waals surface area contributed by atoms with Gasteiger partial charge in [0.2, 0.25) is 0 Å². The lowest BCUT2D eigenvalue weighted by Gasteiger charge is -2.13. The Morgan fingerprint density at radius 3 is 2.58 bits per heavy atom. The Bertz CT molecular complexity index is 982. The van der Waals surface area contributed by atoms with Crippen LogP contribution in [0, 0.1) is 0 Å². The minimum atomic E-state index is -4.49. The zero-order chi connectivity index (χ0) is 18.7. The Kier molecular flexibility index (Phi) is 5.36. The van der Waals surface area contributed by atoms with Crippen LogP contribution in [0.2, 0.25) is 0 Å². The molecule has 0 radical (unpaired) electrons. The van der Waals surface area contributed by atoms with E-state index in [9.17, 15) is 18.0 Å². The molecule has 0 saturated carbocycles. The van der Waals surface area contributed by atoms with Crippen LogP contribution in [0.15, 0.2) is 53.3 Å². The highest BCUT2D eigenvalue weighted by Crippen LogP contribution is 2.36. The van der Waals surface area contributed by atoms with Gasteiger partial charge in [-0.25, -0.2) is 0 Å². The largest absolute Gasteiger partial charge is 0.417 e. The van der Waals surface area contributed by atoms with Crippen molar-refractivity contribution >= 4 is 32.4 Å². The molecule has 0 bridgehead atoms. The first-order valence-electron chi connectivity index (χ1n) is 8.03. The van der Waals surface area contributed by atoms with Crippen molar-refractivity contribution in [2.45, 2.75) is 12.6 Å². The van der Waals surface area contributed by atoms with Crippen molar-refractivity contribution in [2.75, 3.05) is 17.2 Å². The van der Waals surface area contributed by atoms with Crippen LogP contribution < -0.4 is 10.9 Å². The molecule has 2 N–H and O–H groups in total. The van der Waals surface area contributed by atoms with Gasteiger partial charge in [0.25, 0.3) is 5.56 Å². The van der Waals surface area contributed by atoms with Gasteiger partial charge in [0.15, 0.2) is 0 Å². The van der Waals surface area contributed by atoms with E-state index in [0.717, 1.165) is 30.0 Å². The lowest BCUT2D eigenvalue weighted by Crippen LogP contribution is -2.11. The third kappa shape index (κ3) is 3.93. The van der Waals surface area contributed by atoms with E-state index < -0.39 is 17.3 Å². The van der Waals surface area contributed by atoms with E-state index >= 15 is 0 Å². The fourth-order valence-electron chi connectivity index (χ4n) is 2.78. The maximum atomic E-state index is 13.2. The molecule has 2 aromatic carbocycles. The van der Waals surface area contributed by atoms with E-state index in [1.807, 2.05) is 6.07 Å². The van der Waals surface area contributed by atoms with E-state index in [-0.39, 0.29) is 11.3 Å². The summed E-state index contributed by atoms with van der Waals surface area (Å²) in [6.07, 6.45) is -3.56. The molecular formula is C19H16BrF3N2O. The smallest absolute Gasteiger partial charge is 0.385 e. The number of hydrogen-bond donors (Lipinski definition) is 2. The Hall–Kier alpha value is -2.28. The van der Waals surface area contributed by atoms with Crippen molar-refractivity contribution in [1.29, 1.82) is 0 Å². The highest BCUT2D eigenvalue weighted by atomic mass is 79.9. The van der Waals surface area contributed by atoms with E-state index in [1.54, 1.807) is 18.2 Å². The van der Waals surface area contributed by atoms with Gasteiger partial charge in [0, 0.05) is 34.2 Å². The van der Waals surface area contributed by atoms with Crippen molar-refractivity contribution in [3.8, 4) is 11.3 Å². The van der Waals surface area contributed by atoms with E-state index in [1.165, 1.54) is 18.2 Å². The number of rotatable bonds is 5. The molecule has 136 valence electrons. The number of H-pyrrole nitrogens is 1. The standard InChI is InChI=1S/C19H16BrF3N2O/c20-8-3-9-24-13-7-6-12-10-17(25-18(26)15(12)11-13)14-4-1-2-5-16(14)19(21,22)23/h1-2,4-7,10-11,24H,3,8-9H2,(H,25,26). The normalized spacial score (nSPS) is 11.7. The molecule has 3 aromatic rings. The first kappa shape index (κ1) is 18.5. The minimum absolute atomic E-state index is 0.0430. The van der Waals surface area contributed by atoms with Gasteiger partial charge in [-0.3, -0.25) is 4.79 Å². The average molecular weight is 425 g/mol. The summed E-state index contributed by atoms with van der Waals surface area (Å²) in [7, 11) is 0. The number of anilines is 1. The number of halogens is 4. The Labute approximate surface area is 156 Å². The summed E-state index contributed by atoms with van der Waals surface area (Å²) in [4.78, 5) is 15.0. The van der Waals surface area contributed by atoms with Crippen molar-refractivity contribution in [1.82, 2.24) is 4.98 Å². The second kappa shape index (κ2) is 7.53. The predicted octanol–water partition coefficient (Wildman–Crippen LogP) is 5.41. The van der Waals surface area contributed by atoms with Crippen LogP contribution in [0.5, 0.6) is 0 Å². The quantitative estimate of drug-likeness (QED) is 0.424. The van der Waals surface area contributed by atoms with Crippen LogP contribution >= 0.6 is 15.9 Å². The van der Waals surface area contributed by atoms with Crippen molar-refractivity contribution < 1.29 is 13.2 Å². The second-order valence-electron chi connectivity index (χ2n) is 5.83. The van der Waals surface area contributed by atoms with E-state index in [4.69, 9.17) is 0 Å². The number of hydrogen-bond acceptors (Lipinski definition) is 2. The maximum absolute atomic E-state index is 13.2. The Balaban J connectivity index is 2.06. The molecule has 0 aliphatic carbocycles. The zero-order valence-corrected chi connectivity index (χ0v) is 15.2. The number of aromatic amines is 1. The lowest BCUT2D eigenvalue weighted by atomic mass is 10.0. The molecule has 0 saturated heterocycles. The molecule has 0 atom stereocenters. The van der Waals surface area contributed by atoms with E-state index in [0.29, 0.717) is 10.8 Å². The summed E-state index contributed by atoms with van der Waals surface area (Å²) in [6, 6.07) is 12.0. The fraction of sp³-hybridized carbons (Fsp3) is 0.211. The van der Waals surface area contributed by atoms with Gasteiger partial charge in [0.1, 0.15) is 0 Å². The molecule has 0 spiro atoms. The maximum Gasteiger partial charge on any atom is 0.417 e. The van der Waals surface area contributed by atoms with Crippen molar-refractivity contribution in [3.05, 3.63) is 64.4 Å². The SMILES string of the molecule is O=c1[nH]c(-c2ccccc2C(F)(F)F)cc2ccc(NCCCBr)cc12. The summed E-state index contributed by atoms with van der Waals surface area (Å²) < 4.78 is 39.7. The summed E-state index contributed by atoms with van der Waals surface area (Å²) in [5, 5.41) is 5.10. The molecule has 0 amide bonds. The topological polar surface area (TPSA) is 44.9 Å². The second-order valence-corrected chi connectivity index (χ2v) is 6.62. The summed E-state index contributed by atoms with van der Waals surface area (Å²) >= 11 is 3.35. The van der Waals surface area contributed by atoms with Crippen LogP contribution in [-0.2, 0) is 6.18 Å². The fourth-order valence-corrected chi connectivity index (χ4v) is 3.06. The van der Waals surface area contributed by atoms with Crippen LogP contribution in [0.25, 0.3) is 22.0 Å². The molecule has 3 nitrogen and oxygen atoms in total. The van der Waals surface area contributed by atoms with Crippen molar-refractivity contribution in [2.24, 2.45) is 0 Å². The number of benzene rings is 2. The first-order valence-corrected chi connectivity index (χ1v) is 9.16. The third-order valence-corrected chi connectivity index (χ3v) is 4.57. The average Bonchev–Trinajstić information content (AvgIpc) is 2.61. The van der Waals surface area contributed by atoms with Crippen LogP contribution in [0.1, 0.15) is 12.0 Å². The number of fused-ring (bicyclic) bond motifs is 1. The molecule has 1 heterocycles. The van der Waals surface area contributed by atoms with Crippen LogP contribution in [-0.4, -0.2) is 16.9 Å². The Morgan fingerprint density at radius 1 is 1.08 bits per heavy atom. The molecule has 7 heteroatoms. The van der Waals surface area contributed by atoms with Crippen LogP contribution in [0.4, 0.5) is 18.9 Å². The molecule has 0 fully saturated rings. The molecule has 1 aromatic heterocycles. The van der Waals surface area contributed by atoms with Gasteiger partial charge < -0.3 is 10.3 Å². The summed E-state index contributed by atoms with van der Waals surface area (Å²) in [6.45, 7) is 0.756. The highest BCUT2D eigenvalue weighted by molar-refractivity contribution is 9.09. The van der Waals surface area contributed by atoms with E-state index in [2.05, 4.69) is 26.2 Å². The van der Waals surface area contributed by atoms with Gasteiger partial charge >= 0.3 is 6.18 Å². The molecule has 0 aliphatic rings. The molecule has 0 unspecified atom stereocenters. The molecule has 3 rings (SSSR count). The highest BCUT2D eigenvalue weighted by Gasteiger charge is 2.33. The van der Waals surface area contributed by atoms with Gasteiger partial charge in [-0.15, -0.1) is 0 Å². The monoisotopic (exact) mass is 424 g/mol. The molecular weight excluding hydrogens is 409 g/mol. The predicted molar refractivity (Wildman–Crippen MR) is 102 cm³/mol. The first-order chi connectivity index (χ1) is 12.4. The third-order valence-electron chi connectivity index (χ3n) is 4.01. The van der Waals surface area contributed by atoms with Gasteiger partial charge in [0.05, 0.1) is 5.56 Å². The summed E-state index contributed by atoms with van der Waals surface area (Å²) in [5.41, 5.74) is -0.289. The zero-order valence-electron chi connectivity index (χ0n) is 13.7. The van der Waals surface area contributed by atoms with Crippen LogP contribution in [0.3, 0.4) is 0 Å². The number of alkyl halides is 4. The number of nitrogens with one attached hydrogen (secondary N) is 2. The number of aromatic nitrogens is 1. The van der Waals surface area contributed by atoms with Gasteiger partial charge in [-0.1, -0.05) is 40.2 Å². The molecule has 26 heavy (non-hydrogen) atoms. The molecule has 0 aliphatic heterocycles. The Morgan fingerprint density at radius 2 is 1.85 bits per heavy atom. The number of pyridine rings is 1. The summed E-state index contributed by atoms with van der Waals surface area (Å²) in [5.74, 6) is 0. The lowest BCUT2D eigenvalue weighted by molar-refractivity contribution is -0.137. The van der Waals surface area contributed by atoms with Crippen molar-refractivity contribution in [3.63, 3.8) is 0 Å².